The van der Waals surface area contributed by atoms with Gasteiger partial charge in [-0.15, -0.1) is 0 Å². The zero-order valence-electron chi connectivity index (χ0n) is 10.6. The molecule has 4 nitrogen and oxygen atoms in total. The number of fused-ring (bicyclic) bond motifs is 1. The molecule has 1 aliphatic carbocycles. The van der Waals surface area contributed by atoms with Gasteiger partial charge >= 0.3 is 0 Å². The van der Waals surface area contributed by atoms with E-state index in [9.17, 15) is 5.11 Å². The molecule has 4 heteroatoms. The van der Waals surface area contributed by atoms with E-state index in [1.807, 2.05) is 18.2 Å². The molecule has 2 aromatic rings. The molecule has 1 aromatic carbocycles. The van der Waals surface area contributed by atoms with E-state index in [0.717, 1.165) is 22.8 Å². The van der Waals surface area contributed by atoms with Crippen LogP contribution in [0.1, 0.15) is 38.1 Å². The molecule has 3 rings (SSSR count). The lowest BCUT2D eigenvalue weighted by molar-refractivity contribution is 0.261. The number of nitrogens with zero attached hydrogens (tertiary/aromatic N) is 2. The van der Waals surface area contributed by atoms with E-state index >= 15 is 0 Å². The fourth-order valence-electron chi connectivity index (χ4n) is 2.71. The molecule has 1 fully saturated rings. The summed E-state index contributed by atoms with van der Waals surface area (Å²) in [4.78, 5) is 4.47. The highest BCUT2D eigenvalue weighted by molar-refractivity contribution is 5.79. The van der Waals surface area contributed by atoms with E-state index < -0.39 is 0 Å². The van der Waals surface area contributed by atoms with Gasteiger partial charge in [0.1, 0.15) is 12.4 Å². The number of hydrogen-bond acceptors (Lipinski definition) is 3. The third-order valence-electron chi connectivity index (χ3n) is 3.74. The molecule has 0 radical (unpaired) electrons. The summed E-state index contributed by atoms with van der Waals surface area (Å²) in [7, 11) is 0. The summed E-state index contributed by atoms with van der Waals surface area (Å²) in [6, 6.07) is 6.15. The summed E-state index contributed by atoms with van der Waals surface area (Å²) in [6.45, 7) is 2.18. The van der Waals surface area contributed by atoms with Crippen LogP contribution >= 0.6 is 0 Å². The molecule has 0 spiro atoms. The first-order chi connectivity index (χ1) is 8.69. The number of hydrogen-bond donors (Lipinski definition) is 2. The van der Waals surface area contributed by atoms with Crippen molar-refractivity contribution >= 4 is 16.7 Å². The Morgan fingerprint density at radius 2 is 2.28 bits per heavy atom. The Hall–Kier alpha value is -1.55. The second-order valence-electron chi connectivity index (χ2n) is 5.33. The maximum absolute atomic E-state index is 9.47. The SMILES string of the molecule is CC(CC1CC1)n1c(CO)nc2cc(N)ccc21. The third-order valence-corrected chi connectivity index (χ3v) is 3.74. The number of imidazole rings is 1. The molecule has 0 bridgehead atoms. The van der Waals surface area contributed by atoms with Crippen molar-refractivity contribution < 1.29 is 5.11 Å². The van der Waals surface area contributed by atoms with Gasteiger partial charge in [-0.05, 0) is 37.5 Å². The van der Waals surface area contributed by atoms with Gasteiger partial charge in [0.05, 0.1) is 11.0 Å². The summed E-state index contributed by atoms with van der Waals surface area (Å²) >= 11 is 0. The average Bonchev–Trinajstić information content (AvgIpc) is 3.07. The van der Waals surface area contributed by atoms with E-state index in [2.05, 4.69) is 16.5 Å². The summed E-state index contributed by atoms with van der Waals surface area (Å²) in [5.74, 6) is 1.60. The predicted molar refractivity (Wildman–Crippen MR) is 72.1 cm³/mol. The van der Waals surface area contributed by atoms with Crippen LogP contribution in [-0.4, -0.2) is 14.7 Å². The largest absolute Gasteiger partial charge is 0.399 e. The van der Waals surface area contributed by atoms with Crippen LogP contribution < -0.4 is 5.73 Å². The van der Waals surface area contributed by atoms with Crippen molar-refractivity contribution in [2.24, 2.45) is 5.92 Å². The van der Waals surface area contributed by atoms with Crippen molar-refractivity contribution in [3.8, 4) is 0 Å². The molecule has 1 unspecified atom stereocenters. The highest BCUT2D eigenvalue weighted by atomic mass is 16.3. The van der Waals surface area contributed by atoms with Gasteiger partial charge in [0.15, 0.2) is 0 Å². The molecule has 1 heterocycles. The topological polar surface area (TPSA) is 64.1 Å². The number of aromatic nitrogens is 2. The molecule has 0 saturated heterocycles. The van der Waals surface area contributed by atoms with E-state index in [4.69, 9.17) is 5.73 Å². The van der Waals surface area contributed by atoms with E-state index in [1.165, 1.54) is 19.3 Å². The van der Waals surface area contributed by atoms with Crippen LogP contribution in [-0.2, 0) is 6.61 Å². The zero-order valence-corrected chi connectivity index (χ0v) is 10.6. The highest BCUT2D eigenvalue weighted by Crippen LogP contribution is 2.38. The summed E-state index contributed by atoms with van der Waals surface area (Å²) in [5, 5.41) is 9.47. The monoisotopic (exact) mass is 245 g/mol. The highest BCUT2D eigenvalue weighted by Gasteiger charge is 2.26. The lowest BCUT2D eigenvalue weighted by Gasteiger charge is -2.16. The van der Waals surface area contributed by atoms with Gasteiger partial charge in [0.25, 0.3) is 0 Å². The van der Waals surface area contributed by atoms with Crippen molar-refractivity contribution in [3.63, 3.8) is 0 Å². The third kappa shape index (κ3) is 1.97. The van der Waals surface area contributed by atoms with Crippen LogP contribution in [0.25, 0.3) is 11.0 Å². The summed E-state index contributed by atoms with van der Waals surface area (Å²) in [6.07, 6.45) is 3.86. The molecular weight excluding hydrogens is 226 g/mol. The fraction of sp³-hybridized carbons (Fsp3) is 0.500. The van der Waals surface area contributed by atoms with Gasteiger partial charge in [0.2, 0.25) is 0 Å². The predicted octanol–water partition coefficient (Wildman–Crippen LogP) is 2.47. The first-order valence-corrected chi connectivity index (χ1v) is 6.56. The minimum Gasteiger partial charge on any atom is -0.399 e. The fourth-order valence-corrected chi connectivity index (χ4v) is 2.71. The van der Waals surface area contributed by atoms with Crippen LogP contribution in [0.5, 0.6) is 0 Å². The van der Waals surface area contributed by atoms with Gasteiger partial charge in [-0.2, -0.15) is 0 Å². The number of nitrogen functional groups attached to an aromatic ring is 1. The molecule has 0 amide bonds. The van der Waals surface area contributed by atoms with Gasteiger partial charge in [-0.3, -0.25) is 0 Å². The Morgan fingerprint density at radius 3 is 2.94 bits per heavy atom. The summed E-state index contributed by atoms with van der Waals surface area (Å²) in [5.41, 5.74) is 8.44. The lowest BCUT2D eigenvalue weighted by Crippen LogP contribution is -2.10. The molecule has 18 heavy (non-hydrogen) atoms. The number of anilines is 1. The minimum atomic E-state index is -0.0242. The van der Waals surface area contributed by atoms with Gasteiger partial charge in [0, 0.05) is 11.7 Å². The maximum atomic E-state index is 9.47. The van der Waals surface area contributed by atoms with E-state index in [1.54, 1.807) is 0 Å². The number of rotatable bonds is 4. The lowest BCUT2D eigenvalue weighted by atomic mass is 10.1. The van der Waals surface area contributed by atoms with Crippen LogP contribution in [0.3, 0.4) is 0 Å². The molecular formula is C14H19N3O. The van der Waals surface area contributed by atoms with Crippen LogP contribution in [0, 0.1) is 5.92 Å². The second-order valence-corrected chi connectivity index (χ2v) is 5.33. The van der Waals surface area contributed by atoms with Crippen molar-refractivity contribution in [1.82, 2.24) is 9.55 Å². The smallest absolute Gasteiger partial charge is 0.135 e. The first-order valence-electron chi connectivity index (χ1n) is 6.56. The molecule has 1 atom stereocenters. The van der Waals surface area contributed by atoms with Crippen molar-refractivity contribution in [2.45, 2.75) is 38.8 Å². The van der Waals surface area contributed by atoms with E-state index in [0.29, 0.717) is 11.7 Å². The van der Waals surface area contributed by atoms with Crippen LogP contribution in [0.4, 0.5) is 5.69 Å². The van der Waals surface area contributed by atoms with Gasteiger partial charge < -0.3 is 15.4 Å². The van der Waals surface area contributed by atoms with Gasteiger partial charge in [-0.25, -0.2) is 4.98 Å². The minimum absolute atomic E-state index is 0.0242. The Labute approximate surface area is 106 Å². The second kappa shape index (κ2) is 4.28. The van der Waals surface area contributed by atoms with Crippen molar-refractivity contribution in [2.75, 3.05) is 5.73 Å². The maximum Gasteiger partial charge on any atom is 0.135 e. The Morgan fingerprint density at radius 1 is 1.50 bits per heavy atom. The molecule has 1 aromatic heterocycles. The molecule has 1 saturated carbocycles. The van der Waals surface area contributed by atoms with Crippen LogP contribution in [0.2, 0.25) is 0 Å². The Kier molecular flexibility index (Phi) is 2.74. The number of aliphatic hydroxyl groups is 1. The van der Waals surface area contributed by atoms with Crippen molar-refractivity contribution in [1.29, 1.82) is 0 Å². The number of benzene rings is 1. The van der Waals surface area contributed by atoms with Gasteiger partial charge in [-0.1, -0.05) is 12.8 Å². The quantitative estimate of drug-likeness (QED) is 0.813. The normalized spacial score (nSPS) is 17.2. The number of aliphatic hydroxyl groups excluding tert-OH is 1. The van der Waals surface area contributed by atoms with Crippen LogP contribution in [0.15, 0.2) is 18.2 Å². The van der Waals surface area contributed by atoms with Crippen molar-refractivity contribution in [3.05, 3.63) is 24.0 Å². The average molecular weight is 245 g/mol. The molecule has 1 aliphatic rings. The Balaban J connectivity index is 2.06. The molecule has 0 aliphatic heterocycles. The molecule has 96 valence electrons. The molecule has 3 N–H and O–H groups in total. The van der Waals surface area contributed by atoms with E-state index in [-0.39, 0.29) is 6.61 Å². The summed E-state index contributed by atoms with van der Waals surface area (Å²) < 4.78 is 2.16. The number of nitrogens with two attached hydrogens (primary N) is 1. The standard InChI is InChI=1S/C14H19N3O/c1-9(6-10-2-3-10)17-13-5-4-11(15)7-12(13)16-14(17)8-18/h4-5,7,9-10,18H,2-3,6,8,15H2,1H3. The zero-order chi connectivity index (χ0) is 12.7. The first kappa shape index (κ1) is 11.5. The Bertz CT molecular complexity index is 572.